The molecule has 0 aliphatic carbocycles. The molecule has 0 aliphatic heterocycles. The number of aldehydes is 1. The first-order valence-electron chi connectivity index (χ1n) is 10.6. The van der Waals surface area contributed by atoms with Crippen LogP contribution >= 0.6 is 11.6 Å². The van der Waals surface area contributed by atoms with Gasteiger partial charge in [0.2, 0.25) is 0 Å². The monoisotopic (exact) mass is 469 g/mol. The number of carbonyl (C=O) groups excluding carboxylic acids is 1. The van der Waals surface area contributed by atoms with Gasteiger partial charge in [-0.3, -0.25) is 4.79 Å². The lowest BCUT2D eigenvalue weighted by Crippen LogP contribution is -1.98. The van der Waals surface area contributed by atoms with Gasteiger partial charge in [-0.1, -0.05) is 41.4 Å². The summed E-state index contributed by atoms with van der Waals surface area (Å²) in [6.07, 6.45) is 2.18. The van der Waals surface area contributed by atoms with E-state index in [4.69, 9.17) is 20.8 Å². The Kier molecular flexibility index (Phi) is 5.97. The van der Waals surface area contributed by atoms with Gasteiger partial charge in [0.25, 0.3) is 0 Å². The van der Waals surface area contributed by atoms with Gasteiger partial charge in [0.1, 0.15) is 30.3 Å². The van der Waals surface area contributed by atoms with Gasteiger partial charge >= 0.3 is 0 Å². The lowest BCUT2D eigenvalue weighted by atomic mass is 10.1. The van der Waals surface area contributed by atoms with Gasteiger partial charge in [0.05, 0.1) is 10.5 Å². The molecule has 0 fully saturated rings. The maximum Gasteiger partial charge on any atom is 0.185 e. The van der Waals surface area contributed by atoms with Crippen LogP contribution in [0.25, 0.3) is 22.2 Å². The zero-order valence-electron chi connectivity index (χ0n) is 18.3. The summed E-state index contributed by atoms with van der Waals surface area (Å²) in [5.74, 6) is 2.10. The number of halogens is 1. The van der Waals surface area contributed by atoms with E-state index in [1.54, 1.807) is 18.2 Å². The maximum absolute atomic E-state index is 11.0. The second-order valence-electron chi connectivity index (χ2n) is 7.82. The third kappa shape index (κ3) is 4.63. The molecule has 7 heteroatoms. The number of hydrogen-bond donors (Lipinski definition) is 1. The van der Waals surface area contributed by atoms with Crippen LogP contribution in [0.15, 0.2) is 83.5 Å². The summed E-state index contributed by atoms with van der Waals surface area (Å²) in [4.78, 5) is 19.7. The number of nitrogens with one attached hydrogen (secondary N) is 1. The summed E-state index contributed by atoms with van der Waals surface area (Å²) >= 11 is 6.49. The van der Waals surface area contributed by atoms with E-state index in [2.05, 4.69) is 21.4 Å². The van der Waals surface area contributed by atoms with E-state index in [-0.39, 0.29) is 5.76 Å². The Labute approximate surface area is 201 Å². The molecule has 0 bridgehead atoms. The van der Waals surface area contributed by atoms with Gasteiger partial charge in [-0.05, 0) is 61.0 Å². The molecule has 1 N–H and O–H groups in total. The average Bonchev–Trinajstić information content (AvgIpc) is 3.33. The van der Waals surface area contributed by atoms with Crippen molar-refractivity contribution in [2.75, 3.05) is 5.32 Å². The molecule has 2 aromatic heterocycles. The van der Waals surface area contributed by atoms with Gasteiger partial charge in [0.15, 0.2) is 12.0 Å². The van der Waals surface area contributed by atoms with E-state index in [1.165, 1.54) is 11.9 Å². The standard InChI is InChI=1S/C27H20ClN3O3/c1-17-3-2-4-18(11-17)15-33-26-9-6-20(13-23(26)28)31-27-22-12-19(5-8-24(22)29-16-30-27)25-10-7-21(14-32)34-25/h2-14,16H,15H2,1H3,(H,29,30,31). The van der Waals surface area contributed by atoms with Crippen molar-refractivity contribution < 1.29 is 13.9 Å². The topological polar surface area (TPSA) is 77.2 Å². The summed E-state index contributed by atoms with van der Waals surface area (Å²) in [6, 6.07) is 22.8. The van der Waals surface area contributed by atoms with Crippen molar-refractivity contribution in [3.8, 4) is 17.1 Å². The zero-order chi connectivity index (χ0) is 23.5. The highest BCUT2D eigenvalue weighted by Gasteiger charge is 2.11. The van der Waals surface area contributed by atoms with Gasteiger partial charge in [-0.15, -0.1) is 0 Å². The van der Waals surface area contributed by atoms with E-state index < -0.39 is 0 Å². The Balaban J connectivity index is 1.38. The Bertz CT molecular complexity index is 1500. The van der Waals surface area contributed by atoms with Crippen molar-refractivity contribution >= 4 is 40.3 Å². The number of aromatic nitrogens is 2. The number of hydrogen-bond acceptors (Lipinski definition) is 6. The fraction of sp³-hybridized carbons (Fsp3) is 0.0741. The first-order chi connectivity index (χ1) is 16.6. The first kappa shape index (κ1) is 21.7. The quantitative estimate of drug-likeness (QED) is 0.259. The number of rotatable bonds is 7. The second kappa shape index (κ2) is 9.37. The van der Waals surface area contributed by atoms with E-state index in [1.807, 2.05) is 55.5 Å². The van der Waals surface area contributed by atoms with Crippen LogP contribution in [0.2, 0.25) is 5.02 Å². The van der Waals surface area contributed by atoms with Crippen LogP contribution in [0.1, 0.15) is 21.7 Å². The summed E-state index contributed by atoms with van der Waals surface area (Å²) in [5.41, 5.74) is 4.62. The smallest absolute Gasteiger partial charge is 0.185 e. The van der Waals surface area contributed by atoms with Gasteiger partial charge in [0, 0.05) is 16.6 Å². The number of fused-ring (bicyclic) bond motifs is 1. The predicted molar refractivity (Wildman–Crippen MR) is 133 cm³/mol. The molecule has 3 aromatic carbocycles. The number of carbonyl (C=O) groups is 1. The molecule has 168 valence electrons. The van der Waals surface area contributed by atoms with Gasteiger partial charge in [-0.25, -0.2) is 9.97 Å². The molecule has 0 radical (unpaired) electrons. The second-order valence-corrected chi connectivity index (χ2v) is 8.23. The van der Waals surface area contributed by atoms with E-state index in [9.17, 15) is 4.79 Å². The van der Waals surface area contributed by atoms with Crippen LogP contribution in [-0.4, -0.2) is 16.3 Å². The summed E-state index contributed by atoms with van der Waals surface area (Å²) < 4.78 is 11.5. The summed E-state index contributed by atoms with van der Waals surface area (Å²) in [6.45, 7) is 2.49. The molecule has 0 aliphatic rings. The molecule has 5 rings (SSSR count). The molecule has 0 saturated carbocycles. The first-order valence-corrected chi connectivity index (χ1v) is 11.0. The normalized spacial score (nSPS) is 10.9. The Morgan fingerprint density at radius 3 is 2.74 bits per heavy atom. The van der Waals surface area contributed by atoms with E-state index in [0.29, 0.717) is 35.2 Å². The van der Waals surface area contributed by atoms with Gasteiger partial charge in [-0.2, -0.15) is 0 Å². The molecule has 5 aromatic rings. The predicted octanol–water partition coefficient (Wildman–Crippen LogP) is 6.99. The summed E-state index contributed by atoms with van der Waals surface area (Å²) in [7, 11) is 0. The number of furan rings is 1. The number of ether oxygens (including phenoxy) is 1. The Morgan fingerprint density at radius 1 is 1.03 bits per heavy atom. The van der Waals surface area contributed by atoms with Crippen LogP contribution in [0.4, 0.5) is 11.5 Å². The van der Waals surface area contributed by atoms with Crippen molar-refractivity contribution in [3.63, 3.8) is 0 Å². The molecule has 0 atom stereocenters. The largest absolute Gasteiger partial charge is 0.487 e. The number of nitrogens with zero attached hydrogens (tertiary/aromatic N) is 2. The molecular formula is C27H20ClN3O3. The highest BCUT2D eigenvalue weighted by atomic mass is 35.5. The molecule has 0 spiro atoms. The lowest BCUT2D eigenvalue weighted by molar-refractivity contribution is 0.110. The Morgan fingerprint density at radius 2 is 1.94 bits per heavy atom. The van der Waals surface area contributed by atoms with Crippen molar-refractivity contribution in [1.29, 1.82) is 0 Å². The molecule has 0 amide bonds. The minimum atomic E-state index is 0.275. The van der Waals surface area contributed by atoms with Crippen molar-refractivity contribution in [2.45, 2.75) is 13.5 Å². The maximum atomic E-state index is 11.0. The highest BCUT2D eigenvalue weighted by Crippen LogP contribution is 2.32. The fourth-order valence-electron chi connectivity index (χ4n) is 3.68. The van der Waals surface area contributed by atoms with Crippen molar-refractivity contribution in [2.24, 2.45) is 0 Å². The molecular weight excluding hydrogens is 450 g/mol. The van der Waals surface area contributed by atoms with Crippen molar-refractivity contribution in [1.82, 2.24) is 9.97 Å². The third-order valence-corrected chi connectivity index (χ3v) is 5.63. The molecule has 34 heavy (non-hydrogen) atoms. The molecule has 0 saturated heterocycles. The van der Waals surface area contributed by atoms with E-state index >= 15 is 0 Å². The van der Waals surface area contributed by atoms with Crippen LogP contribution in [0, 0.1) is 6.92 Å². The van der Waals surface area contributed by atoms with Crippen LogP contribution in [0.3, 0.4) is 0 Å². The molecule has 2 heterocycles. The van der Waals surface area contributed by atoms with Crippen LogP contribution in [-0.2, 0) is 6.61 Å². The van der Waals surface area contributed by atoms with Crippen LogP contribution < -0.4 is 10.1 Å². The Hall–Kier alpha value is -4.16. The van der Waals surface area contributed by atoms with E-state index in [0.717, 1.165) is 27.7 Å². The number of benzene rings is 3. The lowest BCUT2D eigenvalue weighted by Gasteiger charge is -2.12. The fourth-order valence-corrected chi connectivity index (χ4v) is 3.91. The SMILES string of the molecule is Cc1cccc(COc2ccc(Nc3ncnc4ccc(-c5ccc(C=O)o5)cc34)cc2Cl)c1. The molecule has 6 nitrogen and oxygen atoms in total. The zero-order valence-corrected chi connectivity index (χ0v) is 19.0. The summed E-state index contributed by atoms with van der Waals surface area (Å²) in [5, 5.41) is 4.61. The minimum absolute atomic E-state index is 0.275. The average molecular weight is 470 g/mol. The van der Waals surface area contributed by atoms with Crippen LogP contribution in [0.5, 0.6) is 5.75 Å². The minimum Gasteiger partial charge on any atom is -0.487 e. The highest BCUT2D eigenvalue weighted by molar-refractivity contribution is 6.32. The molecule has 0 unspecified atom stereocenters. The number of aryl methyl sites for hydroxylation is 1. The van der Waals surface area contributed by atoms with Gasteiger partial charge < -0.3 is 14.5 Å². The number of anilines is 2. The van der Waals surface area contributed by atoms with Crippen molar-refractivity contribution in [3.05, 3.63) is 101 Å². The third-order valence-electron chi connectivity index (χ3n) is 5.33.